The number of benzene rings is 1. The number of nitrogens with zero attached hydrogens (tertiary/aromatic N) is 1. The van der Waals surface area contributed by atoms with Crippen molar-refractivity contribution in [2.45, 2.75) is 11.7 Å². The van der Waals surface area contributed by atoms with Crippen LogP contribution in [-0.2, 0) is 11.2 Å². The number of guanidine groups is 1. The summed E-state index contributed by atoms with van der Waals surface area (Å²) >= 11 is 7.36. The van der Waals surface area contributed by atoms with Gasteiger partial charge in [0, 0.05) is 10.0 Å². The van der Waals surface area contributed by atoms with E-state index in [1.807, 2.05) is 18.2 Å². The average molecular weight is 284 g/mol. The molecule has 0 aromatic heterocycles. The molecule has 1 unspecified atom stereocenters. The number of rotatable bonds is 2. The zero-order chi connectivity index (χ0) is 13.1. The number of amides is 1. The van der Waals surface area contributed by atoms with Crippen molar-refractivity contribution < 1.29 is 9.79 Å². The van der Waals surface area contributed by atoms with Gasteiger partial charge in [-0.1, -0.05) is 29.8 Å². The van der Waals surface area contributed by atoms with Gasteiger partial charge in [0.1, 0.15) is 5.25 Å². The van der Waals surface area contributed by atoms with Gasteiger partial charge in [-0.05, 0) is 29.8 Å². The Balaban J connectivity index is 2.08. The maximum absolute atomic E-state index is 11.7. The van der Waals surface area contributed by atoms with E-state index in [9.17, 15) is 4.79 Å². The highest BCUT2D eigenvalue weighted by Gasteiger charge is 2.34. The summed E-state index contributed by atoms with van der Waals surface area (Å²) in [5, 5.41) is 0.821. The Morgan fingerprint density at radius 3 is 2.83 bits per heavy atom. The van der Waals surface area contributed by atoms with Crippen LogP contribution in [0.25, 0.3) is 0 Å². The molecule has 0 saturated heterocycles. The number of thioether (sulfide) groups is 1. The van der Waals surface area contributed by atoms with Gasteiger partial charge >= 0.3 is 17.0 Å². The van der Waals surface area contributed by atoms with Crippen LogP contribution in [0.15, 0.2) is 29.3 Å². The third-order valence-electron chi connectivity index (χ3n) is 2.37. The first-order chi connectivity index (χ1) is 8.56. The SMILES string of the molecule is NC(N)=NC1=[NH+]C(=O)C(Cc2ccccc2Cl)S1. The summed E-state index contributed by atoms with van der Waals surface area (Å²) in [5.41, 5.74) is 11.5. The average Bonchev–Trinajstić information content (AvgIpc) is 2.61. The molecule has 0 spiro atoms. The second-order valence-electron chi connectivity index (χ2n) is 3.73. The lowest BCUT2D eigenvalue weighted by molar-refractivity contribution is -0.372. The van der Waals surface area contributed by atoms with Crippen LogP contribution in [0.2, 0.25) is 5.02 Å². The van der Waals surface area contributed by atoms with Crippen molar-refractivity contribution in [2.75, 3.05) is 0 Å². The van der Waals surface area contributed by atoms with E-state index in [1.165, 1.54) is 11.8 Å². The van der Waals surface area contributed by atoms with Gasteiger partial charge in [-0.25, -0.2) is 4.79 Å². The first kappa shape index (κ1) is 12.9. The first-order valence-electron chi connectivity index (χ1n) is 5.24. The topological polar surface area (TPSA) is 95.4 Å². The Morgan fingerprint density at radius 1 is 1.44 bits per heavy atom. The number of hydrogen-bond acceptors (Lipinski definition) is 3. The molecule has 0 saturated carbocycles. The lowest BCUT2D eigenvalue weighted by Gasteiger charge is -2.05. The largest absolute Gasteiger partial charge is 0.364 e. The lowest BCUT2D eigenvalue weighted by Crippen LogP contribution is -2.75. The fourth-order valence-corrected chi connectivity index (χ4v) is 2.80. The van der Waals surface area contributed by atoms with Crippen molar-refractivity contribution in [1.29, 1.82) is 0 Å². The molecule has 0 fully saturated rings. The summed E-state index contributed by atoms with van der Waals surface area (Å²) in [6, 6.07) is 7.44. The lowest BCUT2D eigenvalue weighted by atomic mass is 10.1. The number of carbonyl (C=O) groups is 1. The normalized spacial score (nSPS) is 18.6. The minimum absolute atomic E-state index is 0.0730. The summed E-state index contributed by atoms with van der Waals surface area (Å²) in [4.78, 5) is 18.2. The molecule has 7 heteroatoms. The standard InChI is InChI=1S/C11H11ClN4OS/c12-7-4-2-1-3-6(7)5-8-9(17)15-11(18-8)16-10(13)14/h1-4,8H,5H2,(H4,13,14,15,16,17)/p+1. The Labute approximate surface area is 113 Å². The van der Waals surface area contributed by atoms with E-state index in [2.05, 4.69) is 9.98 Å². The second-order valence-corrected chi connectivity index (χ2v) is 5.33. The number of nitrogens with one attached hydrogen (secondary N) is 1. The van der Waals surface area contributed by atoms with E-state index in [0.717, 1.165) is 5.56 Å². The Hall–Kier alpha value is -1.53. The molecule has 1 heterocycles. The van der Waals surface area contributed by atoms with Crippen molar-refractivity contribution in [1.82, 2.24) is 0 Å². The second kappa shape index (κ2) is 5.41. The van der Waals surface area contributed by atoms with Crippen molar-refractivity contribution >= 4 is 40.4 Å². The van der Waals surface area contributed by atoms with Gasteiger partial charge in [-0.15, -0.1) is 0 Å². The van der Waals surface area contributed by atoms with Crippen LogP contribution in [0.1, 0.15) is 5.56 Å². The molecule has 5 nitrogen and oxygen atoms in total. The van der Waals surface area contributed by atoms with E-state index < -0.39 is 0 Å². The Morgan fingerprint density at radius 2 is 2.17 bits per heavy atom. The molecular weight excluding hydrogens is 272 g/mol. The van der Waals surface area contributed by atoms with E-state index in [-0.39, 0.29) is 17.1 Å². The summed E-state index contributed by atoms with van der Waals surface area (Å²) in [6.45, 7) is 0. The molecule has 94 valence electrons. The number of hydrogen-bond donors (Lipinski definition) is 3. The summed E-state index contributed by atoms with van der Waals surface area (Å²) < 4.78 is 0. The van der Waals surface area contributed by atoms with Gasteiger partial charge in [-0.2, -0.15) is 4.99 Å². The summed E-state index contributed by atoms with van der Waals surface area (Å²) in [6.07, 6.45) is 0.541. The summed E-state index contributed by atoms with van der Waals surface area (Å²) in [5.74, 6) is -0.184. The molecular formula is C11H12ClN4OS+. The van der Waals surface area contributed by atoms with Crippen LogP contribution < -0.4 is 16.5 Å². The van der Waals surface area contributed by atoms with E-state index in [4.69, 9.17) is 23.1 Å². The third kappa shape index (κ3) is 3.02. The molecule has 1 aliphatic heterocycles. The van der Waals surface area contributed by atoms with Crippen LogP contribution in [0.3, 0.4) is 0 Å². The smallest absolute Gasteiger partial charge is 0.348 e. The Kier molecular flexibility index (Phi) is 3.88. The molecule has 1 aliphatic rings. The molecule has 1 aromatic rings. The maximum Gasteiger partial charge on any atom is 0.364 e. The highest BCUT2D eigenvalue weighted by Crippen LogP contribution is 2.23. The monoisotopic (exact) mass is 283 g/mol. The number of carbonyl (C=O) groups excluding carboxylic acids is 1. The van der Waals surface area contributed by atoms with Crippen LogP contribution >= 0.6 is 23.4 Å². The minimum Gasteiger partial charge on any atom is -0.348 e. The fourth-order valence-electron chi connectivity index (χ4n) is 1.57. The predicted molar refractivity (Wildman–Crippen MR) is 73.3 cm³/mol. The number of amidine groups is 1. The quantitative estimate of drug-likeness (QED) is 0.491. The molecule has 0 radical (unpaired) electrons. The van der Waals surface area contributed by atoms with Gasteiger partial charge in [0.25, 0.3) is 0 Å². The highest BCUT2D eigenvalue weighted by molar-refractivity contribution is 8.15. The van der Waals surface area contributed by atoms with Crippen LogP contribution in [-0.4, -0.2) is 22.3 Å². The molecule has 2 rings (SSSR count). The molecule has 1 aromatic carbocycles. The van der Waals surface area contributed by atoms with E-state index >= 15 is 0 Å². The van der Waals surface area contributed by atoms with Gasteiger partial charge in [0.15, 0.2) is 0 Å². The zero-order valence-corrected chi connectivity index (χ0v) is 11.0. The van der Waals surface area contributed by atoms with Crippen molar-refractivity contribution in [3.63, 3.8) is 0 Å². The molecule has 0 aliphatic carbocycles. The highest BCUT2D eigenvalue weighted by atomic mass is 35.5. The van der Waals surface area contributed by atoms with Crippen LogP contribution in [0, 0.1) is 0 Å². The third-order valence-corrected chi connectivity index (χ3v) is 3.82. The van der Waals surface area contributed by atoms with Crippen molar-refractivity contribution in [3.8, 4) is 0 Å². The van der Waals surface area contributed by atoms with Gasteiger partial charge in [0.2, 0.25) is 0 Å². The fraction of sp³-hybridized carbons (Fsp3) is 0.182. The van der Waals surface area contributed by atoms with Crippen molar-refractivity contribution in [3.05, 3.63) is 34.9 Å². The predicted octanol–water partition coefficient (Wildman–Crippen LogP) is -0.765. The van der Waals surface area contributed by atoms with E-state index in [1.54, 1.807) is 6.07 Å². The number of halogens is 1. The van der Waals surface area contributed by atoms with Gasteiger partial charge < -0.3 is 11.5 Å². The van der Waals surface area contributed by atoms with Crippen molar-refractivity contribution in [2.24, 2.45) is 16.5 Å². The molecule has 18 heavy (non-hydrogen) atoms. The van der Waals surface area contributed by atoms with Gasteiger partial charge in [0.05, 0.1) is 0 Å². The number of nitrogens with two attached hydrogens (primary N) is 2. The molecule has 1 amide bonds. The zero-order valence-electron chi connectivity index (χ0n) is 9.39. The molecule has 5 N–H and O–H groups in total. The van der Waals surface area contributed by atoms with Crippen LogP contribution in [0.4, 0.5) is 0 Å². The van der Waals surface area contributed by atoms with Crippen LogP contribution in [0.5, 0.6) is 0 Å². The minimum atomic E-state index is -0.261. The van der Waals surface area contributed by atoms with E-state index in [0.29, 0.717) is 16.6 Å². The molecule has 0 bridgehead atoms. The van der Waals surface area contributed by atoms with Gasteiger partial charge in [-0.3, -0.25) is 0 Å². The summed E-state index contributed by atoms with van der Waals surface area (Å²) in [7, 11) is 0. The number of aliphatic imine (C=N–C) groups is 1. The maximum atomic E-state index is 11.7. The first-order valence-corrected chi connectivity index (χ1v) is 6.49. The molecule has 1 atom stereocenters. The Bertz CT molecular complexity index is 540.